The lowest BCUT2D eigenvalue weighted by Crippen LogP contribution is -2.38. The first-order chi connectivity index (χ1) is 5.13. The monoisotopic (exact) mass is 195 g/mol. The first-order valence-corrected chi connectivity index (χ1v) is 3.02. The van der Waals surface area contributed by atoms with Crippen LogP contribution in [0, 0.1) is 0 Å². The van der Waals surface area contributed by atoms with Crippen LogP contribution < -0.4 is 5.73 Å². The lowest BCUT2D eigenvalue weighted by molar-refractivity contribution is -0.166. The molecule has 7 heteroatoms. The van der Waals surface area contributed by atoms with Crippen molar-refractivity contribution in [2.24, 2.45) is 5.73 Å². The molecule has 0 spiro atoms. The maximum Gasteiger partial charge on any atom is 0.403 e. The molecule has 1 atom stereocenters. The van der Waals surface area contributed by atoms with Crippen LogP contribution in [-0.4, -0.2) is 18.4 Å². The highest BCUT2D eigenvalue weighted by molar-refractivity contribution is 4.71. The standard InChI is InChI=1S/C5H7F6N/c6-4(7,8)2-1-3(12)5(9,10)11/h3H,1-2,12H2. The lowest BCUT2D eigenvalue weighted by Gasteiger charge is -2.15. The maximum atomic E-state index is 11.5. The van der Waals surface area contributed by atoms with Crippen LogP contribution in [0.4, 0.5) is 26.3 Å². The molecule has 0 radical (unpaired) electrons. The summed E-state index contributed by atoms with van der Waals surface area (Å²) < 4.78 is 68.7. The number of rotatable bonds is 2. The molecule has 0 amide bonds. The van der Waals surface area contributed by atoms with Crippen molar-refractivity contribution in [3.8, 4) is 0 Å². The van der Waals surface area contributed by atoms with Crippen LogP contribution in [0.15, 0.2) is 0 Å². The van der Waals surface area contributed by atoms with Crippen molar-refractivity contribution in [1.82, 2.24) is 0 Å². The Bertz CT molecular complexity index is 136. The SMILES string of the molecule is NC(CCC(F)(F)F)C(F)(F)F. The summed E-state index contributed by atoms with van der Waals surface area (Å²) in [5.41, 5.74) is 4.43. The average molecular weight is 195 g/mol. The number of hydrogen-bond donors (Lipinski definition) is 1. The minimum atomic E-state index is -4.74. The Labute approximate surface area is 64.5 Å². The third kappa shape index (κ3) is 5.22. The molecule has 0 saturated heterocycles. The number of halogens is 6. The van der Waals surface area contributed by atoms with Gasteiger partial charge in [0.2, 0.25) is 0 Å². The molecular weight excluding hydrogens is 188 g/mol. The highest BCUT2D eigenvalue weighted by atomic mass is 19.4. The Morgan fingerprint density at radius 1 is 1.00 bits per heavy atom. The quantitative estimate of drug-likeness (QED) is 0.671. The van der Waals surface area contributed by atoms with Gasteiger partial charge in [-0.15, -0.1) is 0 Å². The Hall–Kier alpha value is -0.460. The largest absolute Gasteiger partial charge is 0.403 e. The Balaban J connectivity index is 3.80. The van der Waals surface area contributed by atoms with Crippen LogP contribution in [-0.2, 0) is 0 Å². The minimum Gasteiger partial charge on any atom is -0.320 e. The predicted octanol–water partition coefficient (Wildman–Crippen LogP) is 2.22. The fourth-order valence-electron chi connectivity index (χ4n) is 0.483. The van der Waals surface area contributed by atoms with Gasteiger partial charge < -0.3 is 5.73 Å². The van der Waals surface area contributed by atoms with Gasteiger partial charge in [-0.2, -0.15) is 26.3 Å². The molecule has 1 nitrogen and oxygen atoms in total. The van der Waals surface area contributed by atoms with Gasteiger partial charge in [0.25, 0.3) is 0 Å². The smallest absolute Gasteiger partial charge is 0.320 e. The summed E-state index contributed by atoms with van der Waals surface area (Å²) >= 11 is 0. The summed E-state index contributed by atoms with van der Waals surface area (Å²) in [5, 5.41) is 0. The molecule has 0 rings (SSSR count). The van der Waals surface area contributed by atoms with Gasteiger partial charge in [0.05, 0.1) is 0 Å². The second-order valence-electron chi connectivity index (χ2n) is 2.30. The van der Waals surface area contributed by atoms with E-state index in [4.69, 9.17) is 0 Å². The minimum absolute atomic E-state index is 1.12. The zero-order valence-electron chi connectivity index (χ0n) is 5.84. The molecule has 0 bridgehead atoms. The summed E-state index contributed by atoms with van der Waals surface area (Å²) in [6.07, 6.45) is -11.9. The van der Waals surface area contributed by atoms with Crippen LogP contribution in [0.25, 0.3) is 0 Å². The van der Waals surface area contributed by atoms with Crippen LogP contribution in [0.5, 0.6) is 0 Å². The molecule has 0 aliphatic carbocycles. The van der Waals surface area contributed by atoms with E-state index in [2.05, 4.69) is 5.73 Å². The van der Waals surface area contributed by atoms with Gasteiger partial charge in [-0.25, -0.2) is 0 Å². The summed E-state index contributed by atoms with van der Waals surface area (Å²) in [7, 11) is 0. The topological polar surface area (TPSA) is 26.0 Å². The van der Waals surface area contributed by atoms with Crippen molar-refractivity contribution in [2.45, 2.75) is 31.2 Å². The highest BCUT2D eigenvalue weighted by Crippen LogP contribution is 2.27. The van der Waals surface area contributed by atoms with E-state index in [-0.39, 0.29) is 0 Å². The van der Waals surface area contributed by atoms with Gasteiger partial charge >= 0.3 is 12.4 Å². The average Bonchev–Trinajstić information content (AvgIpc) is 1.78. The van der Waals surface area contributed by atoms with Gasteiger partial charge in [0.15, 0.2) is 0 Å². The molecule has 74 valence electrons. The number of nitrogens with two attached hydrogens (primary N) is 1. The zero-order chi connectivity index (χ0) is 9.99. The lowest BCUT2D eigenvalue weighted by atomic mass is 10.1. The van der Waals surface area contributed by atoms with Gasteiger partial charge in [0, 0.05) is 6.42 Å². The number of hydrogen-bond acceptors (Lipinski definition) is 1. The van der Waals surface area contributed by atoms with Crippen molar-refractivity contribution in [3.05, 3.63) is 0 Å². The maximum absolute atomic E-state index is 11.5. The van der Waals surface area contributed by atoms with Crippen molar-refractivity contribution in [3.63, 3.8) is 0 Å². The van der Waals surface area contributed by atoms with Crippen LogP contribution in [0.2, 0.25) is 0 Å². The zero-order valence-corrected chi connectivity index (χ0v) is 5.84. The molecule has 0 aliphatic heterocycles. The summed E-state index contributed by atoms with van der Waals surface area (Å²) in [6.45, 7) is 0. The Morgan fingerprint density at radius 3 is 1.67 bits per heavy atom. The van der Waals surface area contributed by atoms with E-state index >= 15 is 0 Å². The van der Waals surface area contributed by atoms with E-state index in [1.165, 1.54) is 0 Å². The molecular formula is C5H7F6N. The molecule has 0 aromatic carbocycles. The summed E-state index contributed by atoms with van der Waals surface area (Å²) in [6, 6.07) is -2.39. The molecule has 2 N–H and O–H groups in total. The van der Waals surface area contributed by atoms with Gasteiger partial charge in [-0.05, 0) is 6.42 Å². The Morgan fingerprint density at radius 2 is 1.42 bits per heavy atom. The van der Waals surface area contributed by atoms with E-state index < -0.39 is 31.2 Å². The van der Waals surface area contributed by atoms with Crippen molar-refractivity contribution < 1.29 is 26.3 Å². The predicted molar refractivity (Wildman–Crippen MR) is 29.3 cm³/mol. The van der Waals surface area contributed by atoms with Gasteiger partial charge in [-0.3, -0.25) is 0 Å². The third-order valence-corrected chi connectivity index (χ3v) is 1.16. The van der Waals surface area contributed by atoms with Gasteiger partial charge in [0.1, 0.15) is 6.04 Å². The van der Waals surface area contributed by atoms with Crippen LogP contribution in [0.3, 0.4) is 0 Å². The first kappa shape index (κ1) is 11.5. The Kier molecular flexibility index (Phi) is 3.37. The van der Waals surface area contributed by atoms with Crippen molar-refractivity contribution in [2.75, 3.05) is 0 Å². The van der Waals surface area contributed by atoms with Gasteiger partial charge in [-0.1, -0.05) is 0 Å². The van der Waals surface area contributed by atoms with Crippen molar-refractivity contribution >= 4 is 0 Å². The van der Waals surface area contributed by atoms with Crippen LogP contribution in [0.1, 0.15) is 12.8 Å². The van der Waals surface area contributed by atoms with E-state index in [0.717, 1.165) is 0 Å². The van der Waals surface area contributed by atoms with E-state index in [1.807, 2.05) is 0 Å². The second kappa shape index (κ2) is 3.51. The second-order valence-corrected chi connectivity index (χ2v) is 2.30. The molecule has 1 unspecified atom stereocenters. The molecule has 0 aromatic rings. The number of alkyl halides is 6. The molecule has 0 aliphatic rings. The fourth-order valence-corrected chi connectivity index (χ4v) is 0.483. The normalized spacial score (nSPS) is 16.2. The molecule has 0 saturated carbocycles. The van der Waals surface area contributed by atoms with E-state index in [9.17, 15) is 26.3 Å². The third-order valence-electron chi connectivity index (χ3n) is 1.16. The van der Waals surface area contributed by atoms with E-state index in [0.29, 0.717) is 0 Å². The fraction of sp³-hybridized carbons (Fsp3) is 1.00. The molecule has 12 heavy (non-hydrogen) atoms. The summed E-state index contributed by atoms with van der Waals surface area (Å²) in [4.78, 5) is 0. The first-order valence-electron chi connectivity index (χ1n) is 3.02. The molecule has 0 heterocycles. The molecule has 0 fully saturated rings. The highest BCUT2D eigenvalue weighted by Gasteiger charge is 2.39. The van der Waals surface area contributed by atoms with E-state index in [1.54, 1.807) is 0 Å². The van der Waals surface area contributed by atoms with Crippen LogP contribution >= 0.6 is 0 Å². The molecule has 0 aromatic heterocycles. The summed E-state index contributed by atoms with van der Waals surface area (Å²) in [5.74, 6) is 0. The van der Waals surface area contributed by atoms with Crippen molar-refractivity contribution in [1.29, 1.82) is 0 Å².